The van der Waals surface area contributed by atoms with Gasteiger partial charge in [-0.25, -0.2) is 9.59 Å². The van der Waals surface area contributed by atoms with E-state index >= 15 is 0 Å². The summed E-state index contributed by atoms with van der Waals surface area (Å²) < 4.78 is 44.8. The largest absolute Gasteiger partial charge is 0.465 e. The monoisotopic (exact) mass is 400 g/mol. The van der Waals surface area contributed by atoms with Gasteiger partial charge in [-0.05, 0) is 69.7 Å². The molecule has 1 aliphatic heterocycles. The number of carboxylic acid groups (broad SMARTS) is 1. The van der Waals surface area contributed by atoms with E-state index in [0.717, 1.165) is 29.9 Å². The van der Waals surface area contributed by atoms with Crippen LogP contribution in [0.1, 0.15) is 57.2 Å². The molecule has 2 amide bonds. The molecule has 2 unspecified atom stereocenters. The van der Waals surface area contributed by atoms with Crippen LogP contribution < -0.4 is 10.2 Å². The van der Waals surface area contributed by atoms with Crippen molar-refractivity contribution < 1.29 is 32.6 Å². The average Bonchev–Trinajstić information content (AvgIpc) is 3.35. The molecule has 0 spiro atoms. The van der Waals surface area contributed by atoms with Gasteiger partial charge in [-0.3, -0.25) is 4.90 Å². The molecule has 0 saturated heterocycles. The van der Waals surface area contributed by atoms with Crippen LogP contribution in [0.2, 0.25) is 0 Å². The van der Waals surface area contributed by atoms with Gasteiger partial charge < -0.3 is 15.2 Å². The molecule has 0 aromatic heterocycles. The fraction of sp³-hybridized carbons (Fsp3) is 0.579. The van der Waals surface area contributed by atoms with Crippen molar-refractivity contribution in [2.75, 3.05) is 4.90 Å². The number of hydrogen-bond donors (Lipinski definition) is 2. The Hall–Kier alpha value is -2.45. The molecule has 2 N–H and O–H groups in total. The van der Waals surface area contributed by atoms with Crippen molar-refractivity contribution >= 4 is 17.9 Å². The minimum Gasteiger partial charge on any atom is -0.465 e. The summed E-state index contributed by atoms with van der Waals surface area (Å²) in [6.45, 7) is 5.05. The number of alkyl halides is 3. The van der Waals surface area contributed by atoms with Gasteiger partial charge in [-0.2, -0.15) is 13.2 Å². The minimum absolute atomic E-state index is 0.125. The smallest absolute Gasteiger partial charge is 0.416 e. The van der Waals surface area contributed by atoms with Crippen molar-refractivity contribution in [3.8, 4) is 0 Å². The van der Waals surface area contributed by atoms with Gasteiger partial charge in [-0.1, -0.05) is 0 Å². The SMILES string of the molecule is CC(C)(C)OC(=O)NC1CC(C2CC2)N(C(=O)O)c2ccc(C(F)(F)F)cc21. The van der Waals surface area contributed by atoms with Crippen LogP contribution in [-0.4, -0.2) is 28.9 Å². The number of hydrogen-bond acceptors (Lipinski definition) is 3. The van der Waals surface area contributed by atoms with Crippen molar-refractivity contribution in [2.24, 2.45) is 5.92 Å². The molecular weight excluding hydrogens is 377 g/mol. The highest BCUT2D eigenvalue weighted by Crippen LogP contribution is 2.47. The highest BCUT2D eigenvalue weighted by atomic mass is 19.4. The Morgan fingerprint density at radius 1 is 1.21 bits per heavy atom. The molecule has 9 heteroatoms. The molecule has 0 bridgehead atoms. The number of nitrogens with zero attached hydrogens (tertiary/aromatic N) is 1. The second-order valence-electron chi connectivity index (χ2n) is 8.26. The highest BCUT2D eigenvalue weighted by Gasteiger charge is 2.45. The van der Waals surface area contributed by atoms with Crippen LogP contribution in [0.25, 0.3) is 0 Å². The number of carbonyl (C=O) groups is 2. The van der Waals surface area contributed by atoms with Gasteiger partial charge in [0.05, 0.1) is 17.3 Å². The number of anilines is 1. The maximum absolute atomic E-state index is 13.2. The van der Waals surface area contributed by atoms with Crippen LogP contribution in [-0.2, 0) is 10.9 Å². The molecule has 154 valence electrons. The van der Waals surface area contributed by atoms with E-state index in [0.29, 0.717) is 0 Å². The van der Waals surface area contributed by atoms with Crippen LogP contribution in [0.4, 0.5) is 28.4 Å². The van der Waals surface area contributed by atoms with E-state index in [1.165, 1.54) is 6.07 Å². The molecule has 1 saturated carbocycles. The molecule has 6 nitrogen and oxygen atoms in total. The van der Waals surface area contributed by atoms with Gasteiger partial charge in [0.1, 0.15) is 5.60 Å². The highest BCUT2D eigenvalue weighted by molar-refractivity contribution is 5.89. The van der Waals surface area contributed by atoms with E-state index in [-0.39, 0.29) is 23.6 Å². The number of benzene rings is 1. The lowest BCUT2D eigenvalue weighted by Crippen LogP contribution is -2.48. The first-order valence-corrected chi connectivity index (χ1v) is 9.09. The summed E-state index contributed by atoms with van der Waals surface area (Å²) in [5.74, 6) is 0.134. The zero-order valence-electron chi connectivity index (χ0n) is 15.8. The first-order chi connectivity index (χ1) is 12.9. The Kier molecular flexibility index (Phi) is 4.97. The van der Waals surface area contributed by atoms with Gasteiger partial charge in [-0.15, -0.1) is 0 Å². The van der Waals surface area contributed by atoms with Gasteiger partial charge in [0, 0.05) is 6.04 Å². The average molecular weight is 400 g/mol. The summed E-state index contributed by atoms with van der Waals surface area (Å²) in [5.41, 5.74) is -1.36. The summed E-state index contributed by atoms with van der Waals surface area (Å²) >= 11 is 0. The van der Waals surface area contributed by atoms with Gasteiger partial charge in [0.25, 0.3) is 0 Å². The van der Waals surface area contributed by atoms with Crippen LogP contribution >= 0.6 is 0 Å². The van der Waals surface area contributed by atoms with E-state index in [1.807, 2.05) is 0 Å². The zero-order chi connectivity index (χ0) is 20.9. The third-order valence-corrected chi connectivity index (χ3v) is 4.86. The summed E-state index contributed by atoms with van der Waals surface area (Å²) in [6, 6.07) is 1.78. The molecule has 1 aromatic carbocycles. The Labute approximate surface area is 160 Å². The Morgan fingerprint density at radius 3 is 2.36 bits per heavy atom. The first kappa shape index (κ1) is 20.3. The van der Waals surface area contributed by atoms with E-state index in [1.54, 1.807) is 20.8 Å². The molecule has 1 heterocycles. The Balaban J connectivity index is 2.00. The maximum Gasteiger partial charge on any atom is 0.416 e. The van der Waals surface area contributed by atoms with E-state index < -0.39 is 41.6 Å². The lowest BCUT2D eigenvalue weighted by molar-refractivity contribution is -0.137. The number of fused-ring (bicyclic) bond motifs is 1. The summed E-state index contributed by atoms with van der Waals surface area (Å²) in [4.78, 5) is 25.2. The van der Waals surface area contributed by atoms with E-state index in [4.69, 9.17) is 4.74 Å². The predicted molar refractivity (Wildman–Crippen MR) is 95.2 cm³/mol. The van der Waals surface area contributed by atoms with E-state index in [9.17, 15) is 27.9 Å². The predicted octanol–water partition coefficient (Wildman–Crippen LogP) is 4.94. The Bertz CT molecular complexity index is 784. The quantitative estimate of drug-likeness (QED) is 0.737. The van der Waals surface area contributed by atoms with Gasteiger partial charge in [0.15, 0.2) is 0 Å². The number of nitrogens with one attached hydrogen (secondary N) is 1. The van der Waals surface area contributed by atoms with Crippen LogP contribution in [0.3, 0.4) is 0 Å². The van der Waals surface area contributed by atoms with Gasteiger partial charge >= 0.3 is 18.4 Å². The maximum atomic E-state index is 13.2. The number of ether oxygens (including phenoxy) is 1. The lowest BCUT2D eigenvalue weighted by Gasteiger charge is -2.40. The standard InChI is InChI=1S/C19H23F3N2O4/c1-18(2,3)28-16(25)23-13-9-15(10-4-5-10)24(17(26)27)14-7-6-11(8-12(13)14)19(20,21)22/h6-8,10,13,15H,4-5,9H2,1-3H3,(H,23,25)(H,26,27). The molecule has 2 aliphatic rings. The van der Waals surface area contributed by atoms with Crippen molar-refractivity contribution in [2.45, 2.75) is 63.9 Å². The second kappa shape index (κ2) is 6.86. The molecule has 2 atom stereocenters. The third-order valence-electron chi connectivity index (χ3n) is 4.86. The molecule has 1 fully saturated rings. The fourth-order valence-corrected chi connectivity index (χ4v) is 3.60. The summed E-state index contributed by atoms with van der Waals surface area (Å²) in [5, 5.41) is 12.3. The molecular formula is C19H23F3N2O4. The normalized spacial score (nSPS) is 22.4. The third kappa shape index (κ3) is 4.34. The fourth-order valence-electron chi connectivity index (χ4n) is 3.60. The van der Waals surface area contributed by atoms with Crippen LogP contribution in [0.15, 0.2) is 18.2 Å². The van der Waals surface area contributed by atoms with E-state index in [2.05, 4.69) is 5.32 Å². The minimum atomic E-state index is -4.58. The molecule has 1 aromatic rings. The van der Waals surface area contributed by atoms with Crippen molar-refractivity contribution in [3.05, 3.63) is 29.3 Å². The molecule has 28 heavy (non-hydrogen) atoms. The first-order valence-electron chi connectivity index (χ1n) is 9.09. The van der Waals surface area contributed by atoms with Crippen molar-refractivity contribution in [3.63, 3.8) is 0 Å². The second-order valence-corrected chi connectivity index (χ2v) is 8.26. The summed E-state index contributed by atoms with van der Waals surface area (Å²) in [6.07, 6.45) is -4.64. The Morgan fingerprint density at radius 2 is 1.86 bits per heavy atom. The molecule has 0 radical (unpaired) electrons. The number of amides is 2. The molecule has 1 aliphatic carbocycles. The van der Waals surface area contributed by atoms with Crippen molar-refractivity contribution in [1.29, 1.82) is 0 Å². The number of alkyl carbamates (subject to hydrolysis) is 1. The number of carbonyl (C=O) groups excluding carboxylic acids is 1. The molecule has 3 rings (SSSR count). The topological polar surface area (TPSA) is 78.9 Å². The van der Waals surface area contributed by atoms with Crippen LogP contribution in [0.5, 0.6) is 0 Å². The van der Waals surface area contributed by atoms with Gasteiger partial charge in [0.2, 0.25) is 0 Å². The number of rotatable bonds is 2. The zero-order valence-corrected chi connectivity index (χ0v) is 15.8. The van der Waals surface area contributed by atoms with Crippen molar-refractivity contribution in [1.82, 2.24) is 5.32 Å². The van der Waals surface area contributed by atoms with Crippen LogP contribution in [0, 0.1) is 5.92 Å². The lowest BCUT2D eigenvalue weighted by atomic mass is 9.88. The summed E-state index contributed by atoms with van der Waals surface area (Å²) in [7, 11) is 0. The number of halogens is 3.